The number of hydrogen-bond acceptors (Lipinski definition) is 4. The largest absolute Gasteiger partial charge is 0.416 e. The van der Waals surface area contributed by atoms with Crippen LogP contribution in [0.25, 0.3) is 5.69 Å². The summed E-state index contributed by atoms with van der Waals surface area (Å²) in [7, 11) is 0. The van der Waals surface area contributed by atoms with Crippen LogP contribution in [-0.4, -0.2) is 20.3 Å². The number of amides is 1. The van der Waals surface area contributed by atoms with Gasteiger partial charge in [-0.15, -0.1) is 0 Å². The fraction of sp³-hybridized carbons (Fsp3) is 0.0833. The maximum Gasteiger partial charge on any atom is 0.416 e. The Bertz CT molecular complexity index is 1450. The van der Waals surface area contributed by atoms with Gasteiger partial charge in [0.15, 0.2) is 0 Å². The molecule has 0 saturated carbocycles. The molecular weight excluding hydrogens is 449 g/mol. The summed E-state index contributed by atoms with van der Waals surface area (Å²) in [6.07, 6.45) is -4.59. The normalized spacial score (nSPS) is 11.3. The molecule has 34 heavy (non-hydrogen) atoms. The van der Waals surface area contributed by atoms with E-state index in [1.54, 1.807) is 60.7 Å². The summed E-state index contributed by atoms with van der Waals surface area (Å²) in [5, 5.41) is 6.51. The lowest BCUT2D eigenvalue weighted by Gasteiger charge is -2.13. The second-order valence-corrected chi connectivity index (χ2v) is 7.29. The molecule has 0 aliphatic carbocycles. The topological polar surface area (TPSA) is 86.0 Å². The molecule has 0 unspecified atom stereocenters. The molecule has 0 saturated heterocycles. The van der Waals surface area contributed by atoms with Crippen LogP contribution >= 0.6 is 0 Å². The van der Waals surface area contributed by atoms with E-state index in [1.165, 1.54) is 12.1 Å². The Balaban J connectivity index is 1.84. The Hall–Kier alpha value is -4.47. The zero-order valence-corrected chi connectivity index (χ0v) is 17.5. The number of nitrogens with one attached hydrogen (secondary N) is 1. The first-order valence-electron chi connectivity index (χ1n) is 10.1. The highest BCUT2D eigenvalue weighted by atomic mass is 19.4. The lowest BCUT2D eigenvalue weighted by molar-refractivity contribution is -0.137. The van der Waals surface area contributed by atoms with E-state index in [2.05, 4.69) is 10.4 Å². The molecule has 0 spiro atoms. The van der Waals surface area contributed by atoms with Gasteiger partial charge in [-0.3, -0.25) is 14.2 Å². The third-order valence-electron chi connectivity index (χ3n) is 4.90. The summed E-state index contributed by atoms with van der Waals surface area (Å²) in [4.78, 5) is 39.1. The van der Waals surface area contributed by atoms with Gasteiger partial charge in [-0.1, -0.05) is 48.5 Å². The number of nitrogens with zero attached hydrogens (tertiary/aromatic N) is 3. The van der Waals surface area contributed by atoms with E-state index >= 15 is 0 Å². The number of hydrogen-bond donors (Lipinski definition) is 1. The Kier molecular flexibility index (Phi) is 6.13. The van der Waals surface area contributed by atoms with Crippen molar-refractivity contribution in [2.75, 3.05) is 5.32 Å². The summed E-state index contributed by atoms with van der Waals surface area (Å²) in [6.45, 7) is -0.484. The van der Waals surface area contributed by atoms with E-state index < -0.39 is 41.1 Å². The van der Waals surface area contributed by atoms with Gasteiger partial charge in [-0.2, -0.15) is 23.0 Å². The highest BCUT2D eigenvalue weighted by Gasteiger charge is 2.30. The van der Waals surface area contributed by atoms with Crippen molar-refractivity contribution in [3.63, 3.8) is 0 Å². The lowest BCUT2D eigenvalue weighted by atomic mass is 10.1. The molecule has 10 heteroatoms. The predicted molar refractivity (Wildman–Crippen MR) is 119 cm³/mol. The minimum absolute atomic E-state index is 0.0641. The third kappa shape index (κ3) is 4.80. The molecule has 1 heterocycles. The second kappa shape index (κ2) is 9.18. The van der Waals surface area contributed by atoms with Gasteiger partial charge in [0.05, 0.1) is 17.8 Å². The zero-order valence-electron chi connectivity index (χ0n) is 17.5. The van der Waals surface area contributed by atoms with Gasteiger partial charge < -0.3 is 5.32 Å². The summed E-state index contributed by atoms with van der Waals surface area (Å²) in [5.74, 6) is -0.862. The standard InChI is InChI=1S/C24H17F3N4O3/c25-24(26,27)17-9-7-8-16(14-17)15-30-22(33)20(21(32)28-18-10-3-1-4-11-18)29-31(23(30)34)19-12-5-2-6-13-19/h1-14H,15H2,(H,28,32). The molecule has 7 nitrogen and oxygen atoms in total. The summed E-state index contributed by atoms with van der Waals surface area (Å²) >= 11 is 0. The lowest BCUT2D eigenvalue weighted by Crippen LogP contribution is -2.45. The van der Waals surface area contributed by atoms with Crippen LogP contribution in [-0.2, 0) is 12.7 Å². The number of benzene rings is 3. The molecule has 1 N–H and O–H groups in total. The minimum Gasteiger partial charge on any atom is -0.320 e. The molecule has 172 valence electrons. The summed E-state index contributed by atoms with van der Waals surface area (Å²) in [5.41, 5.74) is -2.69. The number of para-hydroxylation sites is 2. The number of alkyl halides is 3. The third-order valence-corrected chi connectivity index (χ3v) is 4.90. The van der Waals surface area contributed by atoms with E-state index in [4.69, 9.17) is 0 Å². The van der Waals surface area contributed by atoms with Crippen LogP contribution in [0.5, 0.6) is 0 Å². The van der Waals surface area contributed by atoms with Crippen molar-refractivity contribution >= 4 is 11.6 Å². The minimum atomic E-state index is -4.59. The molecule has 0 aliphatic rings. The SMILES string of the molecule is O=C(Nc1ccccc1)c1nn(-c2ccccc2)c(=O)n(Cc2cccc(C(F)(F)F)c2)c1=O. The maximum absolute atomic E-state index is 13.1. The van der Waals surface area contributed by atoms with Crippen molar-refractivity contribution in [1.82, 2.24) is 14.3 Å². The number of rotatable bonds is 5. The monoisotopic (exact) mass is 466 g/mol. The van der Waals surface area contributed by atoms with E-state index in [1.807, 2.05) is 0 Å². The molecule has 0 aliphatic heterocycles. The van der Waals surface area contributed by atoms with E-state index in [-0.39, 0.29) is 11.3 Å². The van der Waals surface area contributed by atoms with Crippen molar-refractivity contribution in [3.05, 3.63) is 123 Å². The number of aromatic nitrogens is 3. The van der Waals surface area contributed by atoms with Crippen molar-refractivity contribution in [2.24, 2.45) is 0 Å². The van der Waals surface area contributed by atoms with Crippen LogP contribution in [0.15, 0.2) is 94.5 Å². The number of carbonyl (C=O) groups is 1. The molecule has 1 aromatic heterocycles. The molecule has 4 rings (SSSR count). The Morgan fingerprint density at radius 3 is 2.18 bits per heavy atom. The van der Waals surface area contributed by atoms with Crippen LogP contribution in [0.3, 0.4) is 0 Å². The molecule has 1 amide bonds. The maximum atomic E-state index is 13.1. The smallest absolute Gasteiger partial charge is 0.320 e. The van der Waals surface area contributed by atoms with Gasteiger partial charge in [0.2, 0.25) is 5.69 Å². The van der Waals surface area contributed by atoms with Gasteiger partial charge in [-0.05, 0) is 42.0 Å². The van der Waals surface area contributed by atoms with Crippen LogP contribution in [0.2, 0.25) is 0 Å². The van der Waals surface area contributed by atoms with Crippen LogP contribution in [0.4, 0.5) is 18.9 Å². The van der Waals surface area contributed by atoms with E-state index in [0.717, 1.165) is 16.8 Å². The first kappa shape index (κ1) is 22.7. The van der Waals surface area contributed by atoms with Gasteiger partial charge in [0.1, 0.15) is 0 Å². The Labute approximate surface area is 190 Å². The van der Waals surface area contributed by atoms with E-state index in [9.17, 15) is 27.6 Å². The van der Waals surface area contributed by atoms with Crippen molar-refractivity contribution in [2.45, 2.75) is 12.7 Å². The predicted octanol–water partition coefficient (Wildman–Crippen LogP) is 3.71. The molecule has 0 fully saturated rings. The molecule has 0 radical (unpaired) electrons. The highest BCUT2D eigenvalue weighted by Crippen LogP contribution is 2.29. The number of carbonyl (C=O) groups excluding carboxylic acids is 1. The summed E-state index contributed by atoms with van der Waals surface area (Å²) < 4.78 is 41.0. The van der Waals surface area contributed by atoms with Crippen molar-refractivity contribution < 1.29 is 18.0 Å². The van der Waals surface area contributed by atoms with Gasteiger partial charge >= 0.3 is 11.9 Å². The van der Waals surface area contributed by atoms with Crippen LogP contribution in [0, 0.1) is 0 Å². The number of anilines is 1. The van der Waals surface area contributed by atoms with Crippen molar-refractivity contribution in [1.29, 1.82) is 0 Å². The highest BCUT2D eigenvalue weighted by molar-refractivity contribution is 6.02. The second-order valence-electron chi connectivity index (χ2n) is 7.29. The average molecular weight is 466 g/mol. The quantitative estimate of drug-likeness (QED) is 0.486. The zero-order chi connectivity index (χ0) is 24.3. The first-order chi connectivity index (χ1) is 16.2. The molecule has 4 aromatic rings. The molecule has 3 aromatic carbocycles. The Morgan fingerprint density at radius 1 is 0.882 bits per heavy atom. The molecule has 0 atom stereocenters. The fourth-order valence-corrected chi connectivity index (χ4v) is 3.27. The van der Waals surface area contributed by atoms with Crippen LogP contribution in [0.1, 0.15) is 21.6 Å². The molecular formula is C24H17F3N4O3. The van der Waals surface area contributed by atoms with E-state index in [0.29, 0.717) is 10.3 Å². The number of halogens is 3. The van der Waals surface area contributed by atoms with Gasteiger partial charge in [0, 0.05) is 5.69 Å². The van der Waals surface area contributed by atoms with Crippen molar-refractivity contribution in [3.8, 4) is 5.69 Å². The fourth-order valence-electron chi connectivity index (χ4n) is 3.27. The summed E-state index contributed by atoms with van der Waals surface area (Å²) in [6, 6.07) is 20.7. The average Bonchev–Trinajstić information content (AvgIpc) is 2.82. The molecule has 0 bridgehead atoms. The Morgan fingerprint density at radius 2 is 1.53 bits per heavy atom. The van der Waals surface area contributed by atoms with Gasteiger partial charge in [0.25, 0.3) is 11.5 Å². The first-order valence-corrected chi connectivity index (χ1v) is 10.1. The van der Waals surface area contributed by atoms with Crippen LogP contribution < -0.4 is 16.6 Å². The van der Waals surface area contributed by atoms with Gasteiger partial charge in [-0.25, -0.2) is 4.79 Å².